The van der Waals surface area contributed by atoms with Crippen molar-refractivity contribution in [3.05, 3.63) is 30.1 Å². The van der Waals surface area contributed by atoms with Crippen LogP contribution in [0.15, 0.2) is 24.5 Å². The molecular formula is C13H16N2O. The van der Waals surface area contributed by atoms with Gasteiger partial charge in [-0.05, 0) is 23.1 Å². The van der Waals surface area contributed by atoms with E-state index in [9.17, 15) is 4.79 Å². The van der Waals surface area contributed by atoms with E-state index in [1.54, 1.807) is 24.5 Å². The topological polar surface area (TPSA) is 53.8 Å². The average Bonchev–Trinajstić information content (AvgIpc) is 2.17. The zero-order valence-electron chi connectivity index (χ0n) is 9.90. The second kappa shape index (κ2) is 4.89. The molecule has 1 atom stereocenters. The summed E-state index contributed by atoms with van der Waals surface area (Å²) >= 11 is 0. The summed E-state index contributed by atoms with van der Waals surface area (Å²) in [5.74, 6) is -0.691. The number of nitriles is 1. The smallest absolute Gasteiger partial charge is 0.154 e. The van der Waals surface area contributed by atoms with Gasteiger partial charge in [0.05, 0.1) is 6.07 Å². The highest BCUT2D eigenvalue weighted by Crippen LogP contribution is 2.25. The van der Waals surface area contributed by atoms with E-state index in [1.807, 2.05) is 20.8 Å². The molecule has 1 rings (SSSR count). The minimum Gasteiger partial charge on any atom is -0.298 e. The van der Waals surface area contributed by atoms with Crippen LogP contribution < -0.4 is 0 Å². The molecule has 0 saturated heterocycles. The summed E-state index contributed by atoms with van der Waals surface area (Å²) in [5, 5.41) is 9.06. The maximum absolute atomic E-state index is 11.9. The number of hydrogen-bond acceptors (Lipinski definition) is 3. The second-order valence-corrected chi connectivity index (χ2v) is 5.05. The first-order valence-corrected chi connectivity index (χ1v) is 5.26. The largest absolute Gasteiger partial charge is 0.298 e. The lowest BCUT2D eigenvalue weighted by molar-refractivity contribution is -0.121. The summed E-state index contributed by atoms with van der Waals surface area (Å²) in [5.41, 5.74) is 0.644. The third kappa shape index (κ3) is 3.47. The Kier molecular flexibility index (Phi) is 3.78. The molecule has 0 bridgehead atoms. The van der Waals surface area contributed by atoms with Crippen LogP contribution in [0.5, 0.6) is 0 Å². The Bertz CT molecular complexity index is 398. The molecule has 0 aliphatic carbocycles. The number of rotatable bonds is 3. The van der Waals surface area contributed by atoms with Gasteiger partial charge in [-0.3, -0.25) is 9.78 Å². The van der Waals surface area contributed by atoms with Crippen molar-refractivity contribution in [1.29, 1.82) is 5.26 Å². The van der Waals surface area contributed by atoms with Crippen molar-refractivity contribution in [2.24, 2.45) is 5.41 Å². The van der Waals surface area contributed by atoms with Crippen molar-refractivity contribution < 1.29 is 4.79 Å². The van der Waals surface area contributed by atoms with E-state index < -0.39 is 5.92 Å². The molecule has 0 amide bonds. The number of ketones is 1. The van der Waals surface area contributed by atoms with E-state index in [2.05, 4.69) is 11.1 Å². The summed E-state index contributed by atoms with van der Waals surface area (Å²) < 4.78 is 0. The standard InChI is InChI=1S/C13H16N2O/c1-13(2,3)8-12(16)11(9-14)10-4-6-15-7-5-10/h4-7,11H,8H2,1-3H3. The highest BCUT2D eigenvalue weighted by atomic mass is 16.1. The quantitative estimate of drug-likeness (QED) is 0.780. The Morgan fingerprint density at radius 2 is 2.00 bits per heavy atom. The molecule has 0 N–H and O–H groups in total. The number of nitrogens with zero attached hydrogens (tertiary/aromatic N) is 2. The van der Waals surface area contributed by atoms with Crippen LogP contribution in [0.25, 0.3) is 0 Å². The number of aromatic nitrogens is 1. The van der Waals surface area contributed by atoms with Crippen molar-refractivity contribution in [3.63, 3.8) is 0 Å². The zero-order valence-corrected chi connectivity index (χ0v) is 9.90. The van der Waals surface area contributed by atoms with Crippen molar-refractivity contribution in [2.45, 2.75) is 33.1 Å². The van der Waals surface area contributed by atoms with Gasteiger partial charge in [0.1, 0.15) is 5.92 Å². The lowest BCUT2D eigenvalue weighted by Crippen LogP contribution is -2.18. The molecular weight excluding hydrogens is 200 g/mol. The molecule has 0 aromatic carbocycles. The molecule has 3 heteroatoms. The highest BCUT2D eigenvalue weighted by Gasteiger charge is 2.24. The van der Waals surface area contributed by atoms with Crippen LogP contribution in [0, 0.1) is 16.7 Å². The molecule has 1 aromatic rings. The SMILES string of the molecule is CC(C)(C)CC(=O)C(C#N)c1ccncc1. The van der Waals surface area contributed by atoms with E-state index in [4.69, 9.17) is 5.26 Å². The molecule has 1 aromatic heterocycles. The van der Waals surface area contributed by atoms with Crippen LogP contribution in [0.2, 0.25) is 0 Å². The second-order valence-electron chi connectivity index (χ2n) is 5.05. The van der Waals surface area contributed by atoms with E-state index in [0.717, 1.165) is 5.56 Å². The highest BCUT2D eigenvalue weighted by molar-refractivity contribution is 5.88. The van der Waals surface area contributed by atoms with Gasteiger partial charge in [0.2, 0.25) is 0 Å². The maximum Gasteiger partial charge on any atom is 0.154 e. The number of carbonyl (C=O) groups excluding carboxylic acids is 1. The predicted molar refractivity (Wildman–Crippen MR) is 61.7 cm³/mol. The van der Waals surface area contributed by atoms with Crippen LogP contribution in [0.3, 0.4) is 0 Å². The lowest BCUT2D eigenvalue weighted by atomic mass is 9.84. The molecule has 0 spiro atoms. The first-order valence-electron chi connectivity index (χ1n) is 5.26. The lowest BCUT2D eigenvalue weighted by Gasteiger charge is -2.18. The van der Waals surface area contributed by atoms with Gasteiger partial charge in [0.25, 0.3) is 0 Å². The fraction of sp³-hybridized carbons (Fsp3) is 0.462. The summed E-state index contributed by atoms with van der Waals surface area (Å²) in [4.78, 5) is 15.8. The molecule has 0 saturated carbocycles. The Hall–Kier alpha value is -1.69. The van der Waals surface area contributed by atoms with Crippen molar-refractivity contribution in [2.75, 3.05) is 0 Å². The van der Waals surface area contributed by atoms with Crippen LogP contribution in [-0.4, -0.2) is 10.8 Å². The Morgan fingerprint density at radius 1 is 1.44 bits per heavy atom. The predicted octanol–water partition coefficient (Wildman–Crippen LogP) is 2.69. The number of Topliss-reactive ketones (excluding diaryl/α,β-unsaturated/α-hetero) is 1. The van der Waals surface area contributed by atoms with Gasteiger partial charge >= 0.3 is 0 Å². The van der Waals surface area contributed by atoms with Gasteiger partial charge in [-0.15, -0.1) is 0 Å². The molecule has 1 unspecified atom stereocenters. The average molecular weight is 216 g/mol. The Balaban J connectivity index is 2.85. The van der Waals surface area contributed by atoms with Gasteiger partial charge in [-0.25, -0.2) is 0 Å². The first-order chi connectivity index (χ1) is 7.44. The number of hydrogen-bond donors (Lipinski definition) is 0. The summed E-state index contributed by atoms with van der Waals surface area (Å²) in [7, 11) is 0. The third-order valence-electron chi connectivity index (χ3n) is 2.20. The third-order valence-corrected chi connectivity index (χ3v) is 2.20. The van der Waals surface area contributed by atoms with E-state index in [-0.39, 0.29) is 11.2 Å². The molecule has 0 aliphatic heterocycles. The van der Waals surface area contributed by atoms with E-state index in [0.29, 0.717) is 6.42 Å². The van der Waals surface area contributed by atoms with Crippen LogP contribution in [0.1, 0.15) is 38.7 Å². The Labute approximate surface area is 96.1 Å². The van der Waals surface area contributed by atoms with Crippen molar-refractivity contribution in [1.82, 2.24) is 4.98 Å². The molecule has 0 radical (unpaired) electrons. The minimum atomic E-state index is -0.665. The zero-order chi connectivity index (χ0) is 12.2. The van der Waals surface area contributed by atoms with E-state index in [1.165, 1.54) is 0 Å². The fourth-order valence-electron chi connectivity index (χ4n) is 1.51. The van der Waals surface area contributed by atoms with Gasteiger partial charge < -0.3 is 0 Å². The molecule has 0 aliphatic rings. The summed E-state index contributed by atoms with van der Waals surface area (Å²) in [6, 6.07) is 5.50. The van der Waals surface area contributed by atoms with Gasteiger partial charge in [-0.2, -0.15) is 5.26 Å². The molecule has 16 heavy (non-hydrogen) atoms. The van der Waals surface area contributed by atoms with E-state index >= 15 is 0 Å². The van der Waals surface area contributed by atoms with Gasteiger partial charge in [0.15, 0.2) is 5.78 Å². The number of carbonyl (C=O) groups is 1. The molecule has 0 fully saturated rings. The van der Waals surface area contributed by atoms with Gasteiger partial charge in [-0.1, -0.05) is 20.8 Å². The Morgan fingerprint density at radius 3 is 2.44 bits per heavy atom. The monoisotopic (exact) mass is 216 g/mol. The van der Waals surface area contributed by atoms with Crippen LogP contribution >= 0.6 is 0 Å². The first kappa shape index (κ1) is 12.4. The van der Waals surface area contributed by atoms with Gasteiger partial charge in [0, 0.05) is 18.8 Å². The van der Waals surface area contributed by atoms with Crippen LogP contribution in [-0.2, 0) is 4.79 Å². The minimum absolute atomic E-state index is 0.0267. The van der Waals surface area contributed by atoms with Crippen molar-refractivity contribution >= 4 is 5.78 Å². The molecule has 3 nitrogen and oxygen atoms in total. The molecule has 1 heterocycles. The van der Waals surface area contributed by atoms with Crippen LogP contribution in [0.4, 0.5) is 0 Å². The molecule has 84 valence electrons. The van der Waals surface area contributed by atoms with Crippen molar-refractivity contribution in [3.8, 4) is 6.07 Å². The summed E-state index contributed by atoms with van der Waals surface area (Å²) in [6.45, 7) is 5.98. The fourth-order valence-corrected chi connectivity index (χ4v) is 1.51. The normalized spacial score (nSPS) is 12.9. The number of pyridine rings is 1. The summed E-state index contributed by atoms with van der Waals surface area (Å²) in [6.07, 6.45) is 3.61. The maximum atomic E-state index is 11.9.